The molecule has 9 nitrogen and oxygen atoms in total. The van der Waals surface area contributed by atoms with Gasteiger partial charge in [0.05, 0.1) is 29.8 Å². The number of carbonyl (C=O) groups is 2. The van der Waals surface area contributed by atoms with Crippen molar-refractivity contribution in [1.29, 1.82) is 0 Å². The zero-order chi connectivity index (χ0) is 25.2. The normalized spacial score (nSPS) is 15.2. The van der Waals surface area contributed by atoms with Gasteiger partial charge in [0, 0.05) is 46.5 Å². The van der Waals surface area contributed by atoms with E-state index in [0.717, 1.165) is 20.5 Å². The van der Waals surface area contributed by atoms with Gasteiger partial charge in [0.25, 0.3) is 11.5 Å². The maximum atomic E-state index is 13.2. The topological polar surface area (TPSA) is 99.8 Å². The molecular formula is C21H26F3N3O6S. The van der Waals surface area contributed by atoms with Gasteiger partial charge in [-0.1, -0.05) is 0 Å². The van der Waals surface area contributed by atoms with Crippen LogP contribution in [0.15, 0.2) is 9.59 Å². The van der Waals surface area contributed by atoms with Gasteiger partial charge >= 0.3 is 17.8 Å². The number of carbonyl (C=O) groups excluding carboxylic acids is 2. The summed E-state index contributed by atoms with van der Waals surface area (Å²) in [5.41, 5.74) is -1.22. The smallest absolute Gasteiger partial charge is 0.390 e. The van der Waals surface area contributed by atoms with E-state index >= 15 is 0 Å². The fourth-order valence-electron chi connectivity index (χ4n) is 3.97. The summed E-state index contributed by atoms with van der Waals surface area (Å²) in [7, 11) is 1.38. The lowest BCUT2D eigenvalue weighted by molar-refractivity contribution is -0.148. The minimum atomic E-state index is -4.50. The number of alkyl halides is 3. The second-order valence-electron chi connectivity index (χ2n) is 8.09. The third kappa shape index (κ3) is 5.52. The van der Waals surface area contributed by atoms with Crippen molar-refractivity contribution in [3.8, 4) is 0 Å². The average molecular weight is 506 g/mol. The molecule has 2 aromatic heterocycles. The molecule has 1 amide bonds. The van der Waals surface area contributed by atoms with E-state index in [-0.39, 0.29) is 40.3 Å². The summed E-state index contributed by atoms with van der Waals surface area (Å²) in [5.74, 6) is -0.774. The molecule has 0 spiro atoms. The number of nitrogens with zero attached hydrogens (tertiary/aromatic N) is 3. The molecule has 0 bridgehead atoms. The van der Waals surface area contributed by atoms with Gasteiger partial charge in [-0.05, 0) is 12.5 Å². The highest BCUT2D eigenvalue weighted by atomic mass is 32.1. The third-order valence-corrected chi connectivity index (χ3v) is 6.99. The van der Waals surface area contributed by atoms with E-state index in [0.29, 0.717) is 31.5 Å². The molecule has 1 fully saturated rings. The summed E-state index contributed by atoms with van der Waals surface area (Å²) >= 11 is 0.850. The number of hydrogen-bond acceptors (Lipinski definition) is 7. The molecule has 0 unspecified atom stereocenters. The van der Waals surface area contributed by atoms with Gasteiger partial charge in [-0.3, -0.25) is 23.5 Å². The third-order valence-electron chi connectivity index (χ3n) is 5.69. The molecule has 188 valence electrons. The highest BCUT2D eigenvalue weighted by Gasteiger charge is 2.31. The van der Waals surface area contributed by atoms with E-state index in [1.807, 2.05) is 0 Å². The summed E-state index contributed by atoms with van der Waals surface area (Å²) in [5, 5.41) is 0.0565. The largest absolute Gasteiger partial charge is 0.462 e. The first-order valence-corrected chi connectivity index (χ1v) is 11.5. The second kappa shape index (κ2) is 10.3. The Morgan fingerprint density at radius 2 is 1.76 bits per heavy atom. The van der Waals surface area contributed by atoms with Crippen LogP contribution < -0.4 is 11.2 Å². The van der Waals surface area contributed by atoms with E-state index < -0.39 is 36.4 Å². The number of rotatable bonds is 7. The maximum Gasteiger partial charge on any atom is 0.390 e. The number of methoxy groups -OCH3 is 1. The van der Waals surface area contributed by atoms with Crippen LogP contribution in [0, 0.1) is 6.92 Å². The summed E-state index contributed by atoms with van der Waals surface area (Å²) in [6, 6.07) is 0. The number of hydrogen-bond donors (Lipinski definition) is 0. The van der Waals surface area contributed by atoms with Crippen molar-refractivity contribution >= 4 is 33.4 Å². The number of aromatic nitrogens is 2. The van der Waals surface area contributed by atoms with Crippen molar-refractivity contribution in [2.45, 2.75) is 58.5 Å². The number of aryl methyl sites for hydroxylation is 2. The van der Waals surface area contributed by atoms with Crippen LogP contribution in [-0.4, -0.2) is 65.0 Å². The maximum absolute atomic E-state index is 13.2. The molecule has 1 aliphatic rings. The first-order valence-electron chi connectivity index (χ1n) is 10.7. The van der Waals surface area contributed by atoms with Gasteiger partial charge < -0.3 is 14.4 Å². The van der Waals surface area contributed by atoms with Crippen molar-refractivity contribution in [3.63, 3.8) is 0 Å². The van der Waals surface area contributed by atoms with E-state index in [1.54, 1.807) is 11.8 Å². The molecule has 3 rings (SSSR count). The molecule has 0 aromatic carbocycles. The summed E-state index contributed by atoms with van der Waals surface area (Å²) in [6.45, 7) is 2.74. The van der Waals surface area contributed by atoms with Crippen LogP contribution in [0.5, 0.6) is 0 Å². The Morgan fingerprint density at radius 1 is 1.12 bits per heavy atom. The number of esters is 1. The number of amides is 1. The molecule has 0 aliphatic carbocycles. The van der Waals surface area contributed by atoms with Gasteiger partial charge in [0.15, 0.2) is 0 Å². The van der Waals surface area contributed by atoms with E-state index in [1.165, 1.54) is 14.0 Å². The van der Waals surface area contributed by atoms with Gasteiger partial charge in [0.2, 0.25) is 0 Å². The molecule has 0 radical (unpaired) electrons. The summed E-state index contributed by atoms with van der Waals surface area (Å²) in [4.78, 5) is 52.2. The lowest BCUT2D eigenvalue weighted by Gasteiger charge is -2.31. The molecule has 34 heavy (non-hydrogen) atoms. The van der Waals surface area contributed by atoms with Gasteiger partial charge in [-0.25, -0.2) is 4.79 Å². The van der Waals surface area contributed by atoms with E-state index in [9.17, 15) is 32.3 Å². The standard InChI is InChI=1S/C21H26F3N3O6S/c1-12-15-17(29)26(10-11-32-3)20(31)27(9-6-21(22,23)24)19(15)34-16(12)18(30)25-7-4-14(5-8-25)33-13(2)28/h14H,4-11H2,1-3H3. The molecule has 2 aromatic rings. The van der Waals surface area contributed by atoms with Crippen molar-refractivity contribution in [3.05, 3.63) is 31.3 Å². The number of likely N-dealkylation sites (tertiary alicyclic amines) is 1. The van der Waals surface area contributed by atoms with Crippen molar-refractivity contribution in [2.24, 2.45) is 0 Å². The number of thiophene rings is 1. The van der Waals surface area contributed by atoms with E-state index in [2.05, 4.69) is 0 Å². The number of halogens is 3. The SMILES string of the molecule is COCCn1c(=O)c2c(C)c(C(=O)N3CCC(OC(C)=O)CC3)sc2n(CCC(F)(F)F)c1=O. The number of fused-ring (bicyclic) bond motifs is 1. The van der Waals surface area contributed by atoms with Gasteiger partial charge in [-0.15, -0.1) is 11.3 Å². The molecular weight excluding hydrogens is 479 g/mol. The minimum Gasteiger partial charge on any atom is -0.462 e. The Kier molecular flexibility index (Phi) is 7.86. The van der Waals surface area contributed by atoms with Crippen molar-refractivity contribution < 1.29 is 32.2 Å². The quantitative estimate of drug-likeness (QED) is 0.536. The molecule has 13 heteroatoms. The lowest BCUT2D eigenvalue weighted by atomic mass is 10.1. The second-order valence-corrected chi connectivity index (χ2v) is 9.09. The van der Waals surface area contributed by atoms with Crippen LogP contribution >= 0.6 is 11.3 Å². The molecule has 0 saturated carbocycles. The first-order chi connectivity index (χ1) is 15.9. The van der Waals surface area contributed by atoms with E-state index in [4.69, 9.17) is 9.47 Å². The highest BCUT2D eigenvalue weighted by Crippen LogP contribution is 2.31. The molecule has 0 N–H and O–H groups in total. The molecule has 1 aliphatic heterocycles. The zero-order valence-corrected chi connectivity index (χ0v) is 19.9. The molecule has 1 saturated heterocycles. The van der Waals surface area contributed by atoms with Crippen LogP contribution in [-0.2, 0) is 27.4 Å². The van der Waals surface area contributed by atoms with Crippen LogP contribution in [0.1, 0.15) is 41.4 Å². The van der Waals surface area contributed by atoms with Gasteiger partial charge in [0.1, 0.15) is 10.9 Å². The Balaban J connectivity index is 2.03. The zero-order valence-electron chi connectivity index (χ0n) is 19.1. The molecule has 3 heterocycles. The van der Waals surface area contributed by atoms with Crippen molar-refractivity contribution in [1.82, 2.24) is 14.0 Å². The fourth-order valence-corrected chi connectivity index (χ4v) is 5.26. The van der Waals surface area contributed by atoms with Crippen LogP contribution in [0.3, 0.4) is 0 Å². The number of ether oxygens (including phenoxy) is 2. The molecule has 0 atom stereocenters. The Hall–Kier alpha value is -2.67. The average Bonchev–Trinajstić information content (AvgIpc) is 3.09. The first kappa shape index (κ1) is 25.9. The lowest BCUT2D eigenvalue weighted by Crippen LogP contribution is -2.41. The summed E-state index contributed by atoms with van der Waals surface area (Å²) < 4.78 is 50.7. The number of piperidine rings is 1. The predicted octanol–water partition coefficient (Wildman–Crippen LogP) is 2.30. The van der Waals surface area contributed by atoms with Gasteiger partial charge in [-0.2, -0.15) is 13.2 Å². The minimum absolute atomic E-state index is 0.0200. The Morgan fingerprint density at radius 3 is 2.32 bits per heavy atom. The van der Waals surface area contributed by atoms with Crippen LogP contribution in [0.25, 0.3) is 10.2 Å². The fraction of sp³-hybridized carbons (Fsp3) is 0.619. The van der Waals surface area contributed by atoms with Crippen molar-refractivity contribution in [2.75, 3.05) is 26.8 Å². The summed E-state index contributed by atoms with van der Waals surface area (Å²) in [6.07, 6.45) is -5.14. The predicted molar refractivity (Wildman–Crippen MR) is 118 cm³/mol. The Labute approximate surface area is 196 Å². The van der Waals surface area contributed by atoms with Crippen LogP contribution in [0.2, 0.25) is 0 Å². The monoisotopic (exact) mass is 505 g/mol. The Bertz CT molecular complexity index is 1190. The highest BCUT2D eigenvalue weighted by molar-refractivity contribution is 7.20. The van der Waals surface area contributed by atoms with Crippen LogP contribution in [0.4, 0.5) is 13.2 Å².